The molecule has 12 unspecified atom stereocenters. The number of nitrogens with zero attached hydrogens (tertiary/aromatic N) is 1. The van der Waals surface area contributed by atoms with Crippen molar-refractivity contribution in [1.29, 1.82) is 0 Å². The minimum atomic E-state index is -0.756. The summed E-state index contributed by atoms with van der Waals surface area (Å²) in [4.78, 5) is 77.3. The Morgan fingerprint density at radius 2 is 1.27 bits per heavy atom. The van der Waals surface area contributed by atoms with Crippen LogP contribution >= 0.6 is 0 Å². The number of Topliss-reactive ketones (excluding diaryl/α,β-unsaturated/α-hetero) is 1. The second-order valence-corrected chi connectivity index (χ2v) is 17.3. The SMILES string of the molecule is CC(=O)C1CCCN1.CN1CC(N)CC1C(N)=O.CNC1(C(N)=O)CCC(N)C1.CNC1CC(C(N)=O)NC1C(N)=O.CNC1CCC(N)(C(N)=O)C1.CNC1CNC(C(N)=O)C1. The average Bonchev–Trinajstić information content (AvgIpc) is 4.08. The lowest BCUT2D eigenvalue weighted by atomic mass is 9.97. The summed E-state index contributed by atoms with van der Waals surface area (Å²) in [5, 5.41) is 20.9. The lowest BCUT2D eigenvalue weighted by Gasteiger charge is -2.24. The number of amides is 6. The fourth-order valence-corrected chi connectivity index (χ4v) is 8.33. The summed E-state index contributed by atoms with van der Waals surface area (Å²) in [6.45, 7) is 4.27. The van der Waals surface area contributed by atoms with Gasteiger partial charge in [0.05, 0.1) is 35.2 Å². The van der Waals surface area contributed by atoms with E-state index in [9.17, 15) is 33.6 Å². The predicted molar refractivity (Wildman–Crippen MR) is 241 cm³/mol. The first-order valence-electron chi connectivity index (χ1n) is 21.6. The van der Waals surface area contributed by atoms with Crippen molar-refractivity contribution in [3.05, 3.63) is 0 Å². The van der Waals surface area contributed by atoms with Crippen LogP contribution in [0.3, 0.4) is 0 Å². The van der Waals surface area contributed by atoms with E-state index in [0.29, 0.717) is 44.2 Å². The van der Waals surface area contributed by atoms with Gasteiger partial charge in [0.1, 0.15) is 11.8 Å². The maximum atomic E-state index is 11.0. The second kappa shape index (κ2) is 27.4. The molecule has 2 saturated carbocycles. The van der Waals surface area contributed by atoms with Gasteiger partial charge in [-0.05, 0) is 119 Å². The van der Waals surface area contributed by atoms with Crippen LogP contribution in [0.4, 0.5) is 0 Å². The minimum absolute atomic E-state index is 0.113. The molecule has 0 aromatic carbocycles. The summed E-state index contributed by atoms with van der Waals surface area (Å²) < 4.78 is 0. The number of likely N-dealkylation sites (N-methyl/N-ethyl adjacent to an activating group) is 4. The maximum Gasteiger partial charge on any atom is 0.237 e. The number of carbonyl (C=O) groups is 7. The van der Waals surface area contributed by atoms with Gasteiger partial charge in [-0.3, -0.25) is 43.8 Å². The van der Waals surface area contributed by atoms with E-state index in [1.54, 1.807) is 21.0 Å². The topological polar surface area (TPSA) is 441 Å². The summed E-state index contributed by atoms with van der Waals surface area (Å²) in [5.74, 6) is -1.83. The number of nitrogens with one attached hydrogen (secondary N) is 7. The average molecular weight is 900 g/mol. The van der Waals surface area contributed by atoms with Crippen LogP contribution < -0.4 is 88.8 Å². The van der Waals surface area contributed by atoms with Crippen molar-refractivity contribution in [1.82, 2.24) is 42.1 Å². The summed E-state index contributed by atoms with van der Waals surface area (Å²) in [5.41, 5.74) is 46.6. The number of primary amides is 6. The Hall–Kier alpha value is -3.95. The lowest BCUT2D eigenvalue weighted by Crippen LogP contribution is -2.52. The van der Waals surface area contributed by atoms with Crippen LogP contribution in [0.15, 0.2) is 0 Å². The van der Waals surface area contributed by atoms with E-state index in [0.717, 1.165) is 58.2 Å². The molecule has 6 fully saturated rings. The fourth-order valence-electron chi connectivity index (χ4n) is 8.33. The Kier molecular flexibility index (Phi) is 24.8. The molecular weight excluding hydrogens is 819 g/mol. The number of nitrogens with two attached hydrogens (primary N) is 9. The molecule has 364 valence electrons. The molecule has 0 radical (unpaired) electrons. The molecule has 0 spiro atoms. The highest BCUT2D eigenvalue weighted by molar-refractivity contribution is 5.86. The maximum absolute atomic E-state index is 11.0. The predicted octanol–water partition coefficient (Wildman–Crippen LogP) is -7.59. The van der Waals surface area contributed by atoms with E-state index in [1.165, 1.54) is 0 Å². The normalized spacial score (nSPS) is 34.2. The molecule has 0 aromatic heterocycles. The third-order valence-corrected chi connectivity index (χ3v) is 12.6. The molecule has 0 bridgehead atoms. The van der Waals surface area contributed by atoms with Crippen molar-refractivity contribution in [3.8, 4) is 0 Å². The third-order valence-electron chi connectivity index (χ3n) is 12.6. The second-order valence-electron chi connectivity index (χ2n) is 17.3. The smallest absolute Gasteiger partial charge is 0.237 e. The van der Waals surface area contributed by atoms with Gasteiger partial charge in [0.15, 0.2) is 0 Å². The number of hydrogen-bond donors (Lipinski definition) is 16. The monoisotopic (exact) mass is 900 g/mol. The number of carbonyl (C=O) groups excluding carboxylic acids is 7. The first-order chi connectivity index (χ1) is 29.4. The van der Waals surface area contributed by atoms with Crippen molar-refractivity contribution in [2.75, 3.05) is 54.9 Å². The molecular formula is C39H81N17O7. The molecule has 6 aliphatic rings. The van der Waals surface area contributed by atoms with Crippen molar-refractivity contribution in [2.24, 2.45) is 51.6 Å². The molecule has 0 aromatic rings. The lowest BCUT2D eigenvalue weighted by molar-refractivity contribution is -0.124. The molecule has 24 heteroatoms. The third kappa shape index (κ3) is 18.6. The van der Waals surface area contributed by atoms with E-state index >= 15 is 0 Å². The first-order valence-corrected chi connectivity index (χ1v) is 21.6. The quantitative estimate of drug-likeness (QED) is 0.0916. The molecule has 2 aliphatic carbocycles. The molecule has 6 rings (SSSR count). The molecule has 24 nitrogen and oxygen atoms in total. The fraction of sp³-hybridized carbons (Fsp3) is 0.821. The van der Waals surface area contributed by atoms with E-state index in [2.05, 4.69) is 37.2 Å². The van der Waals surface area contributed by atoms with Gasteiger partial charge in [0.2, 0.25) is 35.4 Å². The van der Waals surface area contributed by atoms with Crippen molar-refractivity contribution >= 4 is 41.2 Å². The van der Waals surface area contributed by atoms with Gasteiger partial charge in [0, 0.05) is 43.3 Å². The zero-order chi connectivity index (χ0) is 48.2. The first kappa shape index (κ1) is 57.1. The van der Waals surface area contributed by atoms with Crippen LogP contribution in [0, 0.1) is 0 Å². The molecule has 12 atom stereocenters. The van der Waals surface area contributed by atoms with Crippen LogP contribution in [-0.4, -0.2) is 172 Å². The number of hydrogen-bond acceptors (Lipinski definition) is 18. The van der Waals surface area contributed by atoms with Crippen LogP contribution in [0.1, 0.15) is 77.6 Å². The van der Waals surface area contributed by atoms with E-state index in [4.69, 9.17) is 51.6 Å². The van der Waals surface area contributed by atoms with Gasteiger partial charge in [-0.1, -0.05) is 0 Å². The van der Waals surface area contributed by atoms with Crippen molar-refractivity contribution < 1.29 is 33.6 Å². The van der Waals surface area contributed by atoms with Gasteiger partial charge >= 0.3 is 0 Å². The highest BCUT2D eigenvalue weighted by atomic mass is 16.2. The van der Waals surface area contributed by atoms with Gasteiger partial charge in [-0.2, -0.15) is 0 Å². The zero-order valence-electron chi connectivity index (χ0n) is 38.2. The summed E-state index contributed by atoms with van der Waals surface area (Å²) >= 11 is 0. The van der Waals surface area contributed by atoms with E-state index in [1.807, 2.05) is 26.0 Å². The summed E-state index contributed by atoms with van der Waals surface area (Å²) in [7, 11) is 9.09. The largest absolute Gasteiger partial charge is 0.368 e. The number of likely N-dealkylation sites (tertiary alicyclic amines) is 1. The van der Waals surface area contributed by atoms with E-state index < -0.39 is 35.0 Å². The van der Waals surface area contributed by atoms with Gasteiger partial charge in [-0.15, -0.1) is 0 Å². The van der Waals surface area contributed by atoms with Gasteiger partial charge in [0.25, 0.3) is 0 Å². The van der Waals surface area contributed by atoms with Crippen molar-refractivity contribution in [3.63, 3.8) is 0 Å². The van der Waals surface area contributed by atoms with Gasteiger partial charge < -0.3 is 83.5 Å². The highest BCUT2D eigenvalue weighted by Crippen LogP contribution is 2.28. The van der Waals surface area contributed by atoms with Crippen LogP contribution in [0.2, 0.25) is 0 Å². The van der Waals surface area contributed by atoms with E-state index in [-0.39, 0.29) is 65.7 Å². The van der Waals surface area contributed by atoms with Crippen LogP contribution in [-0.2, 0) is 33.6 Å². The molecule has 6 amide bonds. The van der Waals surface area contributed by atoms with Gasteiger partial charge in [-0.25, -0.2) is 0 Å². The number of rotatable bonds is 11. The molecule has 4 aliphatic heterocycles. The van der Waals surface area contributed by atoms with Crippen molar-refractivity contribution in [2.45, 2.75) is 149 Å². The Morgan fingerprint density at radius 1 is 0.651 bits per heavy atom. The van der Waals surface area contributed by atoms with Crippen LogP contribution in [0.5, 0.6) is 0 Å². The summed E-state index contributed by atoms with van der Waals surface area (Å²) in [6.07, 6.45) is 8.82. The van der Waals surface area contributed by atoms with Crippen LogP contribution in [0.25, 0.3) is 0 Å². The Bertz CT molecular complexity index is 1510. The Labute approximate surface area is 371 Å². The molecule has 4 saturated heterocycles. The molecule has 25 N–H and O–H groups in total. The number of ketones is 1. The highest BCUT2D eigenvalue weighted by Gasteiger charge is 2.42. The Morgan fingerprint density at radius 3 is 1.52 bits per heavy atom. The standard InChI is InChI=1S/C7H14N4O2.2C7H15N3O.2C6H13N3O.C6H11NO/c1-10-3-2-4(6(8)12)11-5(3)7(9)13;1-10-5-2-3-7(9,4-5)6(8)11;1-10-7(6(9)11)3-2-5(8)4-7;1-8-4-2-5(6(7)10)9-3-4;1-9-3-4(7)2-5(9)6(8)10;1-5(8)6-3-2-4-7-6/h3-5,10-11H,2H2,1H3,(H2,8,12)(H2,9,13);5,10H,2-4,9H2,1H3,(H2,8,11);5,10H,2-4,8H2,1H3,(H2,9,11);4-5,8-9H,2-3H2,1H3,(H2,7,10);4-5H,2-3,7H2,1H3,(H2,8,10);6-7H,2-4H2,1H3. The molecule has 4 heterocycles. The summed E-state index contributed by atoms with van der Waals surface area (Å²) in [6, 6.07) is -0.197. The zero-order valence-corrected chi connectivity index (χ0v) is 38.2. The minimum Gasteiger partial charge on any atom is -0.368 e. The Balaban J connectivity index is 0.000000380. The molecule has 63 heavy (non-hydrogen) atoms.